The number of nitrogens with two attached hydrogens (primary N) is 1. The van der Waals surface area contributed by atoms with E-state index in [2.05, 4.69) is 12.2 Å². The minimum atomic E-state index is -0.838. The Hall–Kier alpha value is -3.09. The second-order valence-electron chi connectivity index (χ2n) is 5.80. The Labute approximate surface area is 151 Å². The molecule has 0 atom stereocenters. The molecular weight excluding hydrogens is 336 g/mol. The molecule has 1 aromatic heterocycles. The maximum Gasteiger partial charge on any atom is 0.255 e. The highest BCUT2D eigenvalue weighted by molar-refractivity contribution is 6.11. The number of aryl methyl sites for hydroxylation is 2. The number of anilines is 1. The van der Waals surface area contributed by atoms with E-state index < -0.39 is 11.8 Å². The van der Waals surface area contributed by atoms with Crippen LogP contribution in [0.5, 0.6) is 5.75 Å². The average molecular weight is 358 g/mol. The van der Waals surface area contributed by atoms with Gasteiger partial charge in [0.05, 0.1) is 18.6 Å². The molecule has 2 amide bonds. The summed E-state index contributed by atoms with van der Waals surface area (Å²) in [7, 11) is 0. The van der Waals surface area contributed by atoms with E-state index in [4.69, 9.17) is 14.9 Å². The summed E-state index contributed by atoms with van der Waals surface area (Å²) >= 11 is 0. The van der Waals surface area contributed by atoms with Crippen LogP contribution in [0, 0.1) is 6.92 Å². The number of ketones is 1. The summed E-state index contributed by atoms with van der Waals surface area (Å²) in [5, 5.41) is 2.47. The predicted octanol–water partition coefficient (Wildman–Crippen LogP) is 2.86. The third-order valence-corrected chi connectivity index (χ3v) is 3.87. The van der Waals surface area contributed by atoms with Gasteiger partial charge in [-0.25, -0.2) is 0 Å². The summed E-state index contributed by atoms with van der Waals surface area (Å²) in [6.07, 6.45) is 0.985. The second kappa shape index (κ2) is 8.33. The first-order valence-electron chi connectivity index (χ1n) is 8.29. The molecule has 0 unspecified atom stereocenters. The Balaban J connectivity index is 1.98. The van der Waals surface area contributed by atoms with Gasteiger partial charge in [-0.15, -0.1) is 0 Å². The van der Waals surface area contributed by atoms with Crippen LogP contribution in [0.25, 0.3) is 0 Å². The van der Waals surface area contributed by atoms with Gasteiger partial charge < -0.3 is 14.9 Å². The SMILES string of the molecule is CCc1ccc(OCCC(=O)Nc2oc(C)c(C(C)=O)c2C(N)=O)cc1. The van der Waals surface area contributed by atoms with E-state index in [9.17, 15) is 14.4 Å². The third kappa shape index (κ3) is 4.50. The monoisotopic (exact) mass is 358 g/mol. The molecule has 0 aliphatic rings. The Morgan fingerprint density at radius 3 is 2.35 bits per heavy atom. The number of hydrogen-bond donors (Lipinski definition) is 2. The molecule has 0 saturated carbocycles. The highest BCUT2D eigenvalue weighted by Gasteiger charge is 2.26. The lowest BCUT2D eigenvalue weighted by Crippen LogP contribution is -2.20. The van der Waals surface area contributed by atoms with Gasteiger partial charge in [-0.3, -0.25) is 19.7 Å². The minimum Gasteiger partial charge on any atom is -0.493 e. The van der Waals surface area contributed by atoms with Crippen LogP contribution in [-0.4, -0.2) is 24.2 Å². The van der Waals surface area contributed by atoms with Gasteiger partial charge in [-0.1, -0.05) is 19.1 Å². The number of rotatable bonds is 8. The molecular formula is C19H22N2O5. The summed E-state index contributed by atoms with van der Waals surface area (Å²) in [5.41, 5.74) is 6.48. The summed E-state index contributed by atoms with van der Waals surface area (Å²) in [6, 6.07) is 7.61. The highest BCUT2D eigenvalue weighted by atomic mass is 16.5. The third-order valence-electron chi connectivity index (χ3n) is 3.87. The van der Waals surface area contributed by atoms with E-state index in [-0.39, 0.29) is 41.6 Å². The highest BCUT2D eigenvalue weighted by Crippen LogP contribution is 2.27. The van der Waals surface area contributed by atoms with Crippen molar-refractivity contribution < 1.29 is 23.5 Å². The maximum atomic E-state index is 12.1. The van der Waals surface area contributed by atoms with Crippen LogP contribution in [0.4, 0.5) is 5.88 Å². The zero-order chi connectivity index (χ0) is 19.3. The lowest BCUT2D eigenvalue weighted by molar-refractivity contribution is -0.116. The van der Waals surface area contributed by atoms with Crippen LogP contribution < -0.4 is 15.8 Å². The van der Waals surface area contributed by atoms with Gasteiger partial charge in [0, 0.05) is 0 Å². The van der Waals surface area contributed by atoms with Gasteiger partial charge in [0.15, 0.2) is 5.78 Å². The summed E-state index contributed by atoms with van der Waals surface area (Å²) in [4.78, 5) is 35.4. The van der Waals surface area contributed by atoms with Gasteiger partial charge in [0.25, 0.3) is 5.91 Å². The summed E-state index contributed by atoms with van der Waals surface area (Å²) in [5.74, 6) is -0.831. The fourth-order valence-electron chi connectivity index (χ4n) is 2.56. The van der Waals surface area contributed by atoms with Crippen LogP contribution in [0.1, 0.15) is 52.3 Å². The normalized spacial score (nSPS) is 10.4. The lowest BCUT2D eigenvalue weighted by Gasteiger charge is -2.07. The van der Waals surface area contributed by atoms with Gasteiger partial charge in [-0.05, 0) is 38.0 Å². The Morgan fingerprint density at radius 1 is 1.15 bits per heavy atom. The largest absolute Gasteiger partial charge is 0.493 e. The van der Waals surface area contributed by atoms with Crippen molar-refractivity contribution in [3.8, 4) is 5.75 Å². The molecule has 0 spiro atoms. The van der Waals surface area contributed by atoms with Crippen molar-refractivity contribution in [2.45, 2.75) is 33.6 Å². The molecule has 0 radical (unpaired) electrons. The number of furan rings is 1. The number of nitrogens with one attached hydrogen (secondary N) is 1. The molecule has 26 heavy (non-hydrogen) atoms. The number of primary amides is 1. The van der Waals surface area contributed by atoms with Gasteiger partial charge >= 0.3 is 0 Å². The maximum absolute atomic E-state index is 12.1. The van der Waals surface area contributed by atoms with Gasteiger partial charge in [0.1, 0.15) is 17.1 Å². The first-order valence-corrected chi connectivity index (χ1v) is 8.29. The number of benzene rings is 1. The molecule has 138 valence electrons. The number of amides is 2. The van der Waals surface area contributed by atoms with E-state index in [1.807, 2.05) is 24.3 Å². The first kappa shape index (κ1) is 19.2. The van der Waals surface area contributed by atoms with E-state index in [1.54, 1.807) is 0 Å². The summed E-state index contributed by atoms with van der Waals surface area (Å²) in [6.45, 7) is 5.05. The number of carbonyl (C=O) groups is 3. The number of hydrogen-bond acceptors (Lipinski definition) is 5. The van der Waals surface area contributed by atoms with E-state index in [0.29, 0.717) is 5.75 Å². The number of carbonyl (C=O) groups excluding carboxylic acids is 3. The quantitative estimate of drug-likeness (QED) is 0.705. The van der Waals surface area contributed by atoms with Crippen molar-refractivity contribution in [1.82, 2.24) is 0 Å². The van der Waals surface area contributed by atoms with Crippen molar-refractivity contribution >= 4 is 23.5 Å². The van der Waals surface area contributed by atoms with E-state index in [1.165, 1.54) is 19.4 Å². The topological polar surface area (TPSA) is 112 Å². The fourth-order valence-corrected chi connectivity index (χ4v) is 2.56. The van der Waals surface area contributed by atoms with Crippen LogP contribution in [0.3, 0.4) is 0 Å². The van der Waals surface area contributed by atoms with E-state index in [0.717, 1.165) is 6.42 Å². The van der Waals surface area contributed by atoms with Gasteiger partial charge in [-0.2, -0.15) is 0 Å². The average Bonchev–Trinajstić information content (AvgIpc) is 2.91. The molecule has 0 saturated heterocycles. The molecule has 3 N–H and O–H groups in total. The van der Waals surface area contributed by atoms with Crippen molar-refractivity contribution in [3.63, 3.8) is 0 Å². The van der Waals surface area contributed by atoms with Crippen LogP contribution in [-0.2, 0) is 11.2 Å². The van der Waals surface area contributed by atoms with Crippen molar-refractivity contribution in [2.75, 3.05) is 11.9 Å². The van der Waals surface area contributed by atoms with Crippen molar-refractivity contribution in [3.05, 3.63) is 46.7 Å². The van der Waals surface area contributed by atoms with E-state index >= 15 is 0 Å². The molecule has 2 aromatic rings. The van der Waals surface area contributed by atoms with Crippen LogP contribution in [0.2, 0.25) is 0 Å². The molecule has 7 nitrogen and oxygen atoms in total. The molecule has 1 aromatic carbocycles. The zero-order valence-corrected chi connectivity index (χ0v) is 15.0. The summed E-state index contributed by atoms with van der Waals surface area (Å²) < 4.78 is 10.9. The molecule has 0 fully saturated rings. The van der Waals surface area contributed by atoms with Crippen molar-refractivity contribution in [2.24, 2.45) is 5.73 Å². The molecule has 0 bridgehead atoms. The minimum absolute atomic E-state index is 0.0445. The van der Waals surface area contributed by atoms with Crippen LogP contribution in [0.15, 0.2) is 28.7 Å². The fraction of sp³-hybridized carbons (Fsp3) is 0.316. The van der Waals surface area contributed by atoms with Gasteiger partial charge in [0.2, 0.25) is 11.8 Å². The second-order valence-corrected chi connectivity index (χ2v) is 5.80. The smallest absolute Gasteiger partial charge is 0.255 e. The van der Waals surface area contributed by atoms with Crippen molar-refractivity contribution in [1.29, 1.82) is 0 Å². The van der Waals surface area contributed by atoms with Crippen LogP contribution >= 0.6 is 0 Å². The molecule has 7 heteroatoms. The molecule has 2 rings (SSSR count). The molecule has 0 aliphatic carbocycles. The Bertz CT molecular complexity index is 821. The molecule has 1 heterocycles. The Morgan fingerprint density at radius 2 is 1.81 bits per heavy atom. The number of Topliss-reactive ketones (excluding diaryl/α,β-unsaturated/α-hetero) is 1. The Kier molecular flexibility index (Phi) is 6.16. The lowest BCUT2D eigenvalue weighted by atomic mass is 10.1. The zero-order valence-electron chi connectivity index (χ0n) is 15.0. The first-order chi connectivity index (χ1) is 12.3. The molecule has 0 aliphatic heterocycles. The number of ether oxygens (including phenoxy) is 1. The standard InChI is InChI=1S/C19H22N2O5/c1-4-13-5-7-14(8-6-13)25-10-9-15(23)21-19-17(18(20)24)16(11(2)22)12(3)26-19/h5-8H,4,9-10H2,1-3H3,(H2,20,24)(H,21,23). The predicted molar refractivity (Wildman–Crippen MR) is 96.5 cm³/mol.